The maximum atomic E-state index is 13.6. The van der Waals surface area contributed by atoms with E-state index >= 15 is 0 Å². The van der Waals surface area contributed by atoms with Crippen molar-refractivity contribution in [3.05, 3.63) is 59.7 Å². The van der Waals surface area contributed by atoms with Gasteiger partial charge >= 0.3 is 6.09 Å². The summed E-state index contributed by atoms with van der Waals surface area (Å²) < 4.78 is 11.0. The number of ketones is 1. The molecule has 9 nitrogen and oxygen atoms in total. The smallest absolute Gasteiger partial charge is 0.409 e. The number of fused-ring (bicyclic) bond motifs is 1. The normalized spacial score (nSPS) is 21.1. The molecular weight excluding hydrogens is 472 g/mol. The summed E-state index contributed by atoms with van der Waals surface area (Å²) >= 11 is 0. The SMILES string of the molecule is CCOC(=O)N1CCN(C(=O)CN2c3ccccc3NC3=C(C(=O)CC(C)(C)C3)C2c2ccco2)CC1. The Bertz CT molecular complexity index is 1210. The number of hydrogen-bond acceptors (Lipinski definition) is 7. The van der Waals surface area contributed by atoms with Gasteiger partial charge in [-0.1, -0.05) is 26.0 Å². The van der Waals surface area contributed by atoms with Crippen LogP contribution in [-0.2, 0) is 14.3 Å². The van der Waals surface area contributed by atoms with E-state index in [4.69, 9.17) is 9.15 Å². The van der Waals surface area contributed by atoms with Crippen molar-refractivity contribution in [2.75, 3.05) is 49.5 Å². The average molecular weight is 507 g/mol. The van der Waals surface area contributed by atoms with Gasteiger partial charge in [-0.25, -0.2) is 4.79 Å². The molecule has 1 aromatic carbocycles. The molecule has 0 spiro atoms. The highest BCUT2D eigenvalue weighted by Crippen LogP contribution is 2.48. The van der Waals surface area contributed by atoms with Crippen LogP contribution in [-0.4, -0.2) is 66.9 Å². The van der Waals surface area contributed by atoms with Crippen LogP contribution in [0.3, 0.4) is 0 Å². The number of Topliss-reactive ketones (excluding diaryl/α,β-unsaturated/α-hetero) is 1. The van der Waals surface area contributed by atoms with Gasteiger partial charge in [0, 0.05) is 43.9 Å². The van der Waals surface area contributed by atoms with E-state index in [1.807, 2.05) is 41.3 Å². The first-order valence-electron chi connectivity index (χ1n) is 12.9. The van der Waals surface area contributed by atoms with Gasteiger partial charge < -0.3 is 29.2 Å². The molecule has 5 rings (SSSR count). The van der Waals surface area contributed by atoms with Crippen LogP contribution in [0.5, 0.6) is 0 Å². The molecule has 0 saturated carbocycles. The fraction of sp³-hybridized carbons (Fsp3) is 0.464. The lowest BCUT2D eigenvalue weighted by molar-refractivity contribution is -0.131. The molecule has 1 atom stereocenters. The molecular formula is C28H34N4O5. The Hall–Kier alpha value is -3.75. The van der Waals surface area contributed by atoms with Gasteiger partial charge in [-0.15, -0.1) is 0 Å². The highest BCUT2D eigenvalue weighted by atomic mass is 16.6. The number of allylic oxidation sites excluding steroid dienone is 1. The molecule has 0 radical (unpaired) electrons. The Kier molecular flexibility index (Phi) is 6.70. The number of anilines is 2. The van der Waals surface area contributed by atoms with E-state index in [0.29, 0.717) is 50.5 Å². The van der Waals surface area contributed by atoms with Gasteiger partial charge in [0.15, 0.2) is 5.78 Å². The predicted molar refractivity (Wildman–Crippen MR) is 139 cm³/mol. The molecule has 0 bridgehead atoms. The van der Waals surface area contributed by atoms with E-state index < -0.39 is 6.04 Å². The van der Waals surface area contributed by atoms with Crippen molar-refractivity contribution in [1.82, 2.24) is 9.80 Å². The monoisotopic (exact) mass is 506 g/mol. The van der Waals surface area contributed by atoms with Crippen molar-refractivity contribution in [3.63, 3.8) is 0 Å². The molecule has 3 heterocycles. The molecule has 1 aliphatic carbocycles. The number of ether oxygens (including phenoxy) is 1. The van der Waals surface area contributed by atoms with E-state index in [9.17, 15) is 14.4 Å². The van der Waals surface area contributed by atoms with Crippen molar-refractivity contribution in [2.24, 2.45) is 5.41 Å². The zero-order valence-corrected chi connectivity index (χ0v) is 21.7. The summed E-state index contributed by atoms with van der Waals surface area (Å²) in [5.74, 6) is 0.620. The number of nitrogens with zero attached hydrogens (tertiary/aromatic N) is 3. The molecule has 3 aliphatic rings. The second kappa shape index (κ2) is 9.95. The van der Waals surface area contributed by atoms with Crippen LogP contribution in [0.4, 0.5) is 16.2 Å². The van der Waals surface area contributed by atoms with Crippen LogP contribution in [0.25, 0.3) is 0 Å². The van der Waals surface area contributed by atoms with E-state index in [1.165, 1.54) is 0 Å². The number of nitrogens with one attached hydrogen (secondary N) is 1. The Balaban J connectivity index is 1.48. The Labute approximate surface area is 217 Å². The van der Waals surface area contributed by atoms with Crippen molar-refractivity contribution in [3.8, 4) is 0 Å². The molecule has 2 aliphatic heterocycles. The zero-order valence-electron chi connectivity index (χ0n) is 21.7. The molecule has 37 heavy (non-hydrogen) atoms. The molecule has 2 aromatic rings. The third kappa shape index (κ3) is 4.95. The van der Waals surface area contributed by atoms with Crippen molar-refractivity contribution in [1.29, 1.82) is 0 Å². The number of para-hydroxylation sites is 2. The van der Waals surface area contributed by atoms with Crippen LogP contribution in [0, 0.1) is 5.41 Å². The number of piperazine rings is 1. The van der Waals surface area contributed by atoms with Crippen LogP contribution >= 0.6 is 0 Å². The van der Waals surface area contributed by atoms with Gasteiger partial charge in [0.25, 0.3) is 0 Å². The number of rotatable bonds is 4. The quantitative estimate of drug-likeness (QED) is 0.664. The lowest BCUT2D eigenvalue weighted by Gasteiger charge is -2.38. The predicted octanol–water partition coefficient (Wildman–Crippen LogP) is 4.20. The molecule has 2 amide bonds. The maximum Gasteiger partial charge on any atom is 0.409 e. The van der Waals surface area contributed by atoms with Gasteiger partial charge in [-0.2, -0.15) is 0 Å². The highest BCUT2D eigenvalue weighted by Gasteiger charge is 2.43. The third-order valence-corrected chi connectivity index (χ3v) is 7.28. The van der Waals surface area contributed by atoms with Crippen molar-refractivity contribution >= 4 is 29.2 Å². The van der Waals surface area contributed by atoms with Crippen molar-refractivity contribution in [2.45, 2.75) is 39.7 Å². The summed E-state index contributed by atoms with van der Waals surface area (Å²) in [6, 6.07) is 11.0. The standard InChI is InChI=1S/C28H34N4O5/c1-4-36-27(35)31-13-11-30(12-14-31)24(34)18-32-21-9-6-5-8-19(21)29-20-16-28(2,3)17-22(33)25(20)26(32)23-10-7-15-37-23/h5-10,15,26,29H,4,11-14,16-18H2,1-3H3. The molecule has 1 unspecified atom stereocenters. The Morgan fingerprint density at radius 1 is 1.05 bits per heavy atom. The lowest BCUT2D eigenvalue weighted by atomic mass is 9.74. The zero-order chi connectivity index (χ0) is 26.2. The third-order valence-electron chi connectivity index (χ3n) is 7.28. The van der Waals surface area contributed by atoms with Gasteiger partial charge in [-0.05, 0) is 43.0 Å². The number of carbonyl (C=O) groups excluding carboxylic acids is 3. The number of amides is 2. The Morgan fingerprint density at radius 3 is 2.49 bits per heavy atom. The maximum absolute atomic E-state index is 13.6. The second-order valence-corrected chi connectivity index (χ2v) is 10.6. The topological polar surface area (TPSA) is 95.3 Å². The van der Waals surface area contributed by atoms with Gasteiger partial charge in [0.05, 0.1) is 30.8 Å². The minimum Gasteiger partial charge on any atom is -0.467 e. The van der Waals surface area contributed by atoms with Crippen LogP contribution in [0.1, 0.15) is 45.4 Å². The van der Waals surface area contributed by atoms with Crippen molar-refractivity contribution < 1.29 is 23.5 Å². The van der Waals surface area contributed by atoms with Crippen LogP contribution in [0.2, 0.25) is 0 Å². The summed E-state index contributed by atoms with van der Waals surface area (Å²) in [5, 5.41) is 3.54. The molecule has 1 fully saturated rings. The summed E-state index contributed by atoms with van der Waals surface area (Å²) in [7, 11) is 0. The highest BCUT2D eigenvalue weighted by molar-refractivity contribution is 6.01. The molecule has 196 valence electrons. The fourth-order valence-corrected chi connectivity index (χ4v) is 5.57. The fourth-order valence-electron chi connectivity index (χ4n) is 5.57. The van der Waals surface area contributed by atoms with Crippen LogP contribution < -0.4 is 10.2 Å². The first-order chi connectivity index (χ1) is 17.8. The first kappa shape index (κ1) is 24.9. The van der Waals surface area contributed by atoms with Gasteiger partial charge in [0.2, 0.25) is 5.91 Å². The molecule has 1 aromatic heterocycles. The van der Waals surface area contributed by atoms with Gasteiger partial charge in [0.1, 0.15) is 11.8 Å². The summed E-state index contributed by atoms with van der Waals surface area (Å²) in [6.45, 7) is 8.08. The van der Waals surface area contributed by atoms with E-state index in [0.717, 1.165) is 23.5 Å². The van der Waals surface area contributed by atoms with E-state index in [-0.39, 0.29) is 29.7 Å². The Morgan fingerprint density at radius 2 is 1.78 bits per heavy atom. The minimum atomic E-state index is -0.533. The number of furan rings is 1. The summed E-state index contributed by atoms with van der Waals surface area (Å²) in [5.41, 5.74) is 3.06. The largest absolute Gasteiger partial charge is 0.467 e. The summed E-state index contributed by atoms with van der Waals surface area (Å²) in [6.07, 6.45) is 2.40. The number of benzene rings is 1. The van der Waals surface area contributed by atoms with E-state index in [1.54, 1.807) is 23.0 Å². The second-order valence-electron chi connectivity index (χ2n) is 10.6. The minimum absolute atomic E-state index is 0.0634. The lowest BCUT2D eigenvalue weighted by Crippen LogP contribution is -2.53. The number of carbonyl (C=O) groups is 3. The average Bonchev–Trinajstić information content (AvgIpc) is 3.35. The van der Waals surface area contributed by atoms with Crippen LogP contribution in [0.15, 0.2) is 58.3 Å². The van der Waals surface area contributed by atoms with Gasteiger partial charge in [-0.3, -0.25) is 9.59 Å². The van der Waals surface area contributed by atoms with E-state index in [2.05, 4.69) is 19.2 Å². The summed E-state index contributed by atoms with van der Waals surface area (Å²) in [4.78, 5) is 44.8. The molecule has 9 heteroatoms. The number of hydrogen-bond donors (Lipinski definition) is 1. The first-order valence-corrected chi connectivity index (χ1v) is 12.9. The molecule has 1 saturated heterocycles. The molecule has 1 N–H and O–H groups in total.